The van der Waals surface area contributed by atoms with Gasteiger partial charge in [-0.2, -0.15) is 0 Å². The lowest BCUT2D eigenvalue weighted by molar-refractivity contribution is 0.102. The molecule has 0 spiro atoms. The van der Waals surface area contributed by atoms with Crippen LogP contribution in [0.25, 0.3) is 0 Å². The molecule has 0 atom stereocenters. The van der Waals surface area contributed by atoms with Gasteiger partial charge in [-0.1, -0.05) is 18.2 Å². The van der Waals surface area contributed by atoms with Gasteiger partial charge in [-0.3, -0.25) is 4.79 Å². The summed E-state index contributed by atoms with van der Waals surface area (Å²) in [6.45, 7) is 6.64. The number of hydrogen-bond donors (Lipinski definition) is 2. The van der Waals surface area contributed by atoms with E-state index in [1.807, 2.05) is 31.2 Å². The standard InChI is InChI=1S/C17H20N2O/c1-11-4-9-16(13(3)12(11)2)19-17(20)15-7-5-14(10-18)6-8-15/h4-9H,10,18H2,1-3H3,(H,19,20). The Kier molecular flexibility index (Phi) is 4.20. The highest BCUT2D eigenvalue weighted by Gasteiger charge is 2.09. The zero-order valence-corrected chi connectivity index (χ0v) is 12.2. The first-order valence-corrected chi connectivity index (χ1v) is 6.70. The lowest BCUT2D eigenvalue weighted by Crippen LogP contribution is -2.13. The van der Waals surface area contributed by atoms with Crippen molar-refractivity contribution in [3.63, 3.8) is 0 Å². The minimum atomic E-state index is -0.0973. The molecule has 3 N–H and O–H groups in total. The second-order valence-corrected chi connectivity index (χ2v) is 5.04. The number of rotatable bonds is 3. The van der Waals surface area contributed by atoms with Gasteiger partial charge in [-0.15, -0.1) is 0 Å². The first-order valence-electron chi connectivity index (χ1n) is 6.70. The van der Waals surface area contributed by atoms with E-state index in [9.17, 15) is 4.79 Å². The van der Waals surface area contributed by atoms with Crippen LogP contribution >= 0.6 is 0 Å². The fraction of sp³-hybridized carbons (Fsp3) is 0.235. The molecule has 0 unspecified atom stereocenters. The Hall–Kier alpha value is -2.13. The van der Waals surface area contributed by atoms with E-state index in [0.29, 0.717) is 12.1 Å². The molecular weight excluding hydrogens is 248 g/mol. The van der Waals surface area contributed by atoms with Crippen LogP contribution in [0.2, 0.25) is 0 Å². The SMILES string of the molecule is Cc1ccc(NC(=O)c2ccc(CN)cc2)c(C)c1C. The Bertz CT molecular complexity index is 630. The Labute approximate surface area is 119 Å². The van der Waals surface area contributed by atoms with Gasteiger partial charge < -0.3 is 11.1 Å². The fourth-order valence-electron chi connectivity index (χ4n) is 2.08. The first-order chi connectivity index (χ1) is 9.52. The fourth-order valence-corrected chi connectivity index (χ4v) is 2.08. The summed E-state index contributed by atoms with van der Waals surface area (Å²) in [5, 5.41) is 2.96. The van der Waals surface area contributed by atoms with E-state index in [-0.39, 0.29) is 5.91 Å². The number of nitrogens with one attached hydrogen (secondary N) is 1. The molecule has 2 aromatic rings. The summed E-state index contributed by atoms with van der Waals surface area (Å²) in [4.78, 5) is 12.2. The monoisotopic (exact) mass is 268 g/mol. The maximum Gasteiger partial charge on any atom is 0.255 e. The van der Waals surface area contributed by atoms with Crippen LogP contribution in [0.4, 0.5) is 5.69 Å². The minimum absolute atomic E-state index is 0.0973. The third-order valence-electron chi connectivity index (χ3n) is 3.76. The second kappa shape index (κ2) is 5.88. The van der Waals surface area contributed by atoms with Gasteiger partial charge in [-0.25, -0.2) is 0 Å². The molecule has 0 aliphatic carbocycles. The summed E-state index contributed by atoms with van der Waals surface area (Å²) in [5.41, 5.74) is 11.6. The van der Waals surface area contributed by atoms with Crippen LogP contribution in [0, 0.1) is 20.8 Å². The van der Waals surface area contributed by atoms with E-state index in [1.165, 1.54) is 11.1 Å². The van der Waals surface area contributed by atoms with Gasteiger partial charge in [0.1, 0.15) is 0 Å². The van der Waals surface area contributed by atoms with Gasteiger partial charge in [-0.05, 0) is 61.2 Å². The molecular formula is C17H20N2O. The van der Waals surface area contributed by atoms with Crippen molar-refractivity contribution in [3.05, 3.63) is 64.2 Å². The predicted octanol–water partition coefficient (Wildman–Crippen LogP) is 3.32. The molecule has 0 radical (unpaired) electrons. The number of carbonyl (C=O) groups excluding carboxylic acids is 1. The molecule has 20 heavy (non-hydrogen) atoms. The highest BCUT2D eigenvalue weighted by molar-refractivity contribution is 6.04. The molecule has 0 saturated carbocycles. The number of aryl methyl sites for hydroxylation is 1. The third kappa shape index (κ3) is 2.89. The van der Waals surface area contributed by atoms with Crippen molar-refractivity contribution in [3.8, 4) is 0 Å². The molecule has 3 nitrogen and oxygen atoms in total. The number of carbonyl (C=O) groups is 1. The van der Waals surface area contributed by atoms with Gasteiger partial charge in [0, 0.05) is 17.8 Å². The van der Waals surface area contributed by atoms with E-state index in [2.05, 4.69) is 19.2 Å². The quantitative estimate of drug-likeness (QED) is 0.897. The molecule has 0 saturated heterocycles. The maximum absolute atomic E-state index is 12.2. The first kappa shape index (κ1) is 14.3. The summed E-state index contributed by atoms with van der Waals surface area (Å²) in [6, 6.07) is 11.3. The van der Waals surface area contributed by atoms with Gasteiger partial charge in [0.2, 0.25) is 0 Å². The molecule has 0 aliphatic rings. The number of hydrogen-bond acceptors (Lipinski definition) is 2. The highest BCUT2D eigenvalue weighted by atomic mass is 16.1. The zero-order valence-electron chi connectivity index (χ0n) is 12.2. The topological polar surface area (TPSA) is 55.1 Å². The third-order valence-corrected chi connectivity index (χ3v) is 3.76. The van der Waals surface area contributed by atoms with Crippen molar-refractivity contribution < 1.29 is 4.79 Å². The largest absolute Gasteiger partial charge is 0.326 e. The van der Waals surface area contributed by atoms with Crippen molar-refractivity contribution in [1.29, 1.82) is 0 Å². The zero-order chi connectivity index (χ0) is 14.7. The predicted molar refractivity (Wildman–Crippen MR) is 82.9 cm³/mol. The van der Waals surface area contributed by atoms with Crippen molar-refractivity contribution in [2.45, 2.75) is 27.3 Å². The Balaban J connectivity index is 2.21. The second-order valence-electron chi connectivity index (χ2n) is 5.04. The number of anilines is 1. The molecule has 0 fully saturated rings. The molecule has 1 amide bonds. The highest BCUT2D eigenvalue weighted by Crippen LogP contribution is 2.22. The number of amides is 1. The smallest absolute Gasteiger partial charge is 0.255 e. The van der Waals surface area contributed by atoms with Gasteiger partial charge in [0.05, 0.1) is 0 Å². The average molecular weight is 268 g/mol. The van der Waals surface area contributed by atoms with Crippen LogP contribution in [-0.4, -0.2) is 5.91 Å². The van der Waals surface area contributed by atoms with Crippen LogP contribution < -0.4 is 11.1 Å². The van der Waals surface area contributed by atoms with Gasteiger partial charge in [0.25, 0.3) is 5.91 Å². The summed E-state index contributed by atoms with van der Waals surface area (Å²) >= 11 is 0. The molecule has 104 valence electrons. The molecule has 0 heterocycles. The van der Waals surface area contributed by atoms with E-state index in [4.69, 9.17) is 5.73 Å². The van der Waals surface area contributed by atoms with Crippen molar-refractivity contribution in [2.75, 3.05) is 5.32 Å². The van der Waals surface area contributed by atoms with Crippen molar-refractivity contribution >= 4 is 11.6 Å². The maximum atomic E-state index is 12.2. The van der Waals surface area contributed by atoms with Crippen LogP contribution in [0.1, 0.15) is 32.6 Å². The Morgan fingerprint density at radius 2 is 1.65 bits per heavy atom. The van der Waals surface area contributed by atoms with E-state index >= 15 is 0 Å². The normalized spacial score (nSPS) is 10.4. The van der Waals surface area contributed by atoms with Crippen LogP contribution in [-0.2, 0) is 6.54 Å². The minimum Gasteiger partial charge on any atom is -0.326 e. The summed E-state index contributed by atoms with van der Waals surface area (Å²) in [6.07, 6.45) is 0. The van der Waals surface area contributed by atoms with E-state index in [0.717, 1.165) is 16.8 Å². The lowest BCUT2D eigenvalue weighted by atomic mass is 10.0. The number of nitrogens with two attached hydrogens (primary N) is 1. The van der Waals surface area contributed by atoms with E-state index in [1.54, 1.807) is 12.1 Å². The van der Waals surface area contributed by atoms with Gasteiger partial charge in [0.15, 0.2) is 0 Å². The number of benzene rings is 2. The molecule has 0 aromatic heterocycles. The molecule has 2 aromatic carbocycles. The molecule has 3 heteroatoms. The average Bonchev–Trinajstić information content (AvgIpc) is 2.48. The molecule has 2 rings (SSSR count). The lowest BCUT2D eigenvalue weighted by Gasteiger charge is -2.12. The van der Waals surface area contributed by atoms with Crippen molar-refractivity contribution in [1.82, 2.24) is 0 Å². The Morgan fingerprint density at radius 3 is 2.25 bits per heavy atom. The molecule has 0 aliphatic heterocycles. The molecule has 0 bridgehead atoms. The van der Waals surface area contributed by atoms with Crippen LogP contribution in [0.3, 0.4) is 0 Å². The van der Waals surface area contributed by atoms with E-state index < -0.39 is 0 Å². The van der Waals surface area contributed by atoms with Gasteiger partial charge >= 0.3 is 0 Å². The van der Waals surface area contributed by atoms with Crippen LogP contribution in [0.5, 0.6) is 0 Å². The summed E-state index contributed by atoms with van der Waals surface area (Å²) in [5.74, 6) is -0.0973. The van der Waals surface area contributed by atoms with Crippen molar-refractivity contribution in [2.24, 2.45) is 5.73 Å². The summed E-state index contributed by atoms with van der Waals surface area (Å²) < 4.78 is 0. The van der Waals surface area contributed by atoms with Crippen LogP contribution in [0.15, 0.2) is 36.4 Å². The summed E-state index contributed by atoms with van der Waals surface area (Å²) in [7, 11) is 0. The Morgan fingerprint density at radius 1 is 1.00 bits per heavy atom.